The predicted octanol–water partition coefficient (Wildman–Crippen LogP) is 2.75. The van der Waals surface area contributed by atoms with Crippen LogP contribution in [0.1, 0.15) is 25.7 Å². The van der Waals surface area contributed by atoms with E-state index in [2.05, 4.69) is 21.2 Å². The van der Waals surface area contributed by atoms with Gasteiger partial charge in [-0.25, -0.2) is 8.42 Å². The van der Waals surface area contributed by atoms with E-state index < -0.39 is 9.84 Å². The van der Waals surface area contributed by atoms with Gasteiger partial charge >= 0.3 is 0 Å². The molecule has 1 aliphatic rings. The van der Waals surface area contributed by atoms with Crippen molar-refractivity contribution in [2.75, 3.05) is 7.05 Å². The third-order valence-electron chi connectivity index (χ3n) is 3.60. The van der Waals surface area contributed by atoms with Crippen molar-refractivity contribution < 1.29 is 8.42 Å². The number of hydrogen-bond donors (Lipinski definition) is 1. The molecule has 0 spiro atoms. The summed E-state index contributed by atoms with van der Waals surface area (Å²) in [5.74, 6) is 0. The van der Waals surface area contributed by atoms with Crippen LogP contribution in [-0.2, 0) is 9.84 Å². The maximum absolute atomic E-state index is 12.6. The van der Waals surface area contributed by atoms with Crippen LogP contribution in [0.5, 0.6) is 0 Å². The van der Waals surface area contributed by atoms with Gasteiger partial charge in [0.05, 0.1) is 10.1 Å². The average molecular weight is 332 g/mol. The molecule has 2 unspecified atom stereocenters. The minimum atomic E-state index is -3.24. The van der Waals surface area contributed by atoms with Crippen LogP contribution >= 0.6 is 15.9 Å². The van der Waals surface area contributed by atoms with Gasteiger partial charge in [-0.3, -0.25) is 0 Å². The Hall–Kier alpha value is -0.390. The lowest BCUT2D eigenvalue weighted by atomic mass is 9.95. The molecule has 1 aromatic carbocycles. The minimum absolute atomic E-state index is 0.0720. The van der Waals surface area contributed by atoms with E-state index in [1.54, 1.807) is 18.2 Å². The van der Waals surface area contributed by atoms with E-state index in [0.717, 1.165) is 30.2 Å². The first-order chi connectivity index (χ1) is 8.55. The fourth-order valence-electron chi connectivity index (χ4n) is 2.62. The maximum atomic E-state index is 12.6. The van der Waals surface area contributed by atoms with Crippen molar-refractivity contribution in [3.8, 4) is 0 Å². The van der Waals surface area contributed by atoms with Gasteiger partial charge in [0.1, 0.15) is 0 Å². The fourth-order valence-corrected chi connectivity index (χ4v) is 5.26. The van der Waals surface area contributed by atoms with E-state index in [0.29, 0.717) is 4.90 Å². The molecule has 1 aromatic rings. The van der Waals surface area contributed by atoms with Gasteiger partial charge in [-0.2, -0.15) is 0 Å². The van der Waals surface area contributed by atoms with Gasteiger partial charge in [-0.15, -0.1) is 0 Å². The molecule has 2 atom stereocenters. The van der Waals surface area contributed by atoms with E-state index in [1.807, 2.05) is 13.1 Å². The summed E-state index contributed by atoms with van der Waals surface area (Å²) in [6.07, 6.45) is 3.79. The Bertz CT molecular complexity index is 515. The number of nitrogens with one attached hydrogen (secondary N) is 1. The zero-order valence-electron chi connectivity index (χ0n) is 10.4. The van der Waals surface area contributed by atoms with Crippen molar-refractivity contribution in [3.05, 3.63) is 28.7 Å². The number of benzene rings is 1. The molecule has 1 fully saturated rings. The van der Waals surface area contributed by atoms with Gasteiger partial charge in [0.25, 0.3) is 0 Å². The second-order valence-electron chi connectivity index (χ2n) is 4.72. The Labute approximate surface area is 117 Å². The third-order valence-corrected chi connectivity index (χ3v) is 6.36. The van der Waals surface area contributed by atoms with E-state index in [9.17, 15) is 8.42 Å². The molecule has 3 nitrogen and oxygen atoms in total. The van der Waals surface area contributed by atoms with E-state index in [1.165, 1.54) is 0 Å². The standard InChI is InChI=1S/C13H18BrNO2S/c1-15-12-7-2-3-8-13(12)18(16,17)11-6-4-5-10(14)9-11/h4-6,9,12-13,15H,2-3,7-8H2,1H3. The normalized spacial score (nSPS) is 25.0. The third kappa shape index (κ3) is 2.78. The quantitative estimate of drug-likeness (QED) is 0.926. The molecule has 0 aliphatic heterocycles. The molecule has 1 saturated carbocycles. The summed E-state index contributed by atoms with van der Waals surface area (Å²) in [5, 5.41) is 2.85. The van der Waals surface area contributed by atoms with E-state index in [4.69, 9.17) is 0 Å². The molecule has 0 heterocycles. The highest BCUT2D eigenvalue weighted by atomic mass is 79.9. The topological polar surface area (TPSA) is 46.2 Å². The molecule has 0 saturated heterocycles. The van der Waals surface area contributed by atoms with Crippen LogP contribution in [0.4, 0.5) is 0 Å². The fraction of sp³-hybridized carbons (Fsp3) is 0.538. The Morgan fingerprint density at radius 2 is 2.00 bits per heavy atom. The van der Waals surface area contributed by atoms with Crippen LogP contribution < -0.4 is 5.32 Å². The van der Waals surface area contributed by atoms with Crippen LogP contribution in [0.15, 0.2) is 33.6 Å². The Morgan fingerprint density at radius 3 is 2.67 bits per heavy atom. The SMILES string of the molecule is CNC1CCCCC1S(=O)(=O)c1cccc(Br)c1. The lowest BCUT2D eigenvalue weighted by Crippen LogP contribution is -2.44. The number of hydrogen-bond acceptors (Lipinski definition) is 3. The van der Waals surface area contributed by atoms with Crippen molar-refractivity contribution >= 4 is 25.8 Å². The summed E-state index contributed by atoms with van der Waals surface area (Å²) in [6, 6.07) is 7.06. The van der Waals surface area contributed by atoms with Gasteiger partial charge < -0.3 is 5.32 Å². The van der Waals surface area contributed by atoms with Crippen molar-refractivity contribution in [1.82, 2.24) is 5.32 Å². The maximum Gasteiger partial charge on any atom is 0.182 e. The molecule has 0 amide bonds. The molecule has 0 bridgehead atoms. The van der Waals surface area contributed by atoms with Crippen molar-refractivity contribution in [2.45, 2.75) is 41.9 Å². The monoisotopic (exact) mass is 331 g/mol. The first-order valence-corrected chi connectivity index (χ1v) is 8.56. The summed E-state index contributed by atoms with van der Waals surface area (Å²) < 4.78 is 26.1. The first kappa shape index (κ1) is 14.0. The van der Waals surface area contributed by atoms with Crippen LogP contribution in [0.3, 0.4) is 0 Å². The van der Waals surface area contributed by atoms with Gasteiger partial charge in [0.2, 0.25) is 0 Å². The van der Waals surface area contributed by atoms with Crippen LogP contribution in [-0.4, -0.2) is 26.8 Å². The van der Waals surface area contributed by atoms with Gasteiger partial charge in [-0.05, 0) is 38.1 Å². The second kappa shape index (κ2) is 5.72. The first-order valence-electron chi connectivity index (χ1n) is 6.22. The van der Waals surface area contributed by atoms with E-state index >= 15 is 0 Å². The zero-order valence-corrected chi connectivity index (χ0v) is 12.8. The van der Waals surface area contributed by atoms with Crippen LogP contribution in [0.2, 0.25) is 0 Å². The summed E-state index contributed by atoms with van der Waals surface area (Å²) >= 11 is 3.33. The largest absolute Gasteiger partial charge is 0.316 e. The van der Waals surface area contributed by atoms with Crippen LogP contribution in [0, 0.1) is 0 Å². The second-order valence-corrected chi connectivity index (χ2v) is 7.80. The molecule has 5 heteroatoms. The molecule has 0 aromatic heterocycles. The molecule has 100 valence electrons. The van der Waals surface area contributed by atoms with Gasteiger partial charge in [0, 0.05) is 10.5 Å². The van der Waals surface area contributed by atoms with Crippen molar-refractivity contribution in [2.24, 2.45) is 0 Å². The summed E-state index contributed by atoms with van der Waals surface area (Å²) in [4.78, 5) is 0.420. The smallest absolute Gasteiger partial charge is 0.182 e. The minimum Gasteiger partial charge on any atom is -0.316 e. The number of rotatable bonds is 3. The lowest BCUT2D eigenvalue weighted by Gasteiger charge is -2.30. The zero-order chi connectivity index (χ0) is 13.2. The van der Waals surface area contributed by atoms with Crippen molar-refractivity contribution in [1.29, 1.82) is 0 Å². The molecular formula is C13H18BrNO2S. The van der Waals surface area contributed by atoms with Gasteiger partial charge in [-0.1, -0.05) is 34.8 Å². The molecule has 2 rings (SSSR count). The Kier molecular flexibility index (Phi) is 4.45. The molecule has 0 radical (unpaired) electrons. The lowest BCUT2D eigenvalue weighted by molar-refractivity contribution is 0.389. The van der Waals surface area contributed by atoms with Crippen LogP contribution in [0.25, 0.3) is 0 Å². The number of sulfone groups is 1. The molecule has 1 N–H and O–H groups in total. The Morgan fingerprint density at radius 1 is 1.28 bits per heavy atom. The van der Waals surface area contributed by atoms with Crippen molar-refractivity contribution in [3.63, 3.8) is 0 Å². The summed E-state index contributed by atoms with van der Waals surface area (Å²) in [7, 11) is -1.39. The molecule has 1 aliphatic carbocycles. The highest BCUT2D eigenvalue weighted by Crippen LogP contribution is 2.29. The van der Waals surface area contributed by atoms with Gasteiger partial charge in [0.15, 0.2) is 9.84 Å². The molecular weight excluding hydrogens is 314 g/mol. The summed E-state index contributed by atoms with van der Waals surface area (Å²) in [6.45, 7) is 0. The highest BCUT2D eigenvalue weighted by molar-refractivity contribution is 9.10. The Balaban J connectivity index is 2.35. The number of halogens is 1. The summed E-state index contributed by atoms with van der Waals surface area (Å²) in [5.41, 5.74) is 0. The highest BCUT2D eigenvalue weighted by Gasteiger charge is 2.35. The van der Waals surface area contributed by atoms with E-state index in [-0.39, 0.29) is 11.3 Å². The average Bonchev–Trinajstić information content (AvgIpc) is 2.38. The molecule has 18 heavy (non-hydrogen) atoms. The predicted molar refractivity (Wildman–Crippen MR) is 76.4 cm³/mol.